The second kappa shape index (κ2) is 8.83. The maximum Gasteiger partial charge on any atom is 0.255 e. The van der Waals surface area contributed by atoms with Gasteiger partial charge in [0.15, 0.2) is 9.84 Å². The van der Waals surface area contributed by atoms with E-state index in [4.69, 9.17) is 9.47 Å². The minimum atomic E-state index is -2.87. The number of carbonyl (C=O) groups is 1. The number of hydrogen-bond donors (Lipinski definition) is 1. The van der Waals surface area contributed by atoms with Gasteiger partial charge < -0.3 is 14.8 Å². The number of benzene rings is 1. The number of hydrogen-bond acceptors (Lipinski definition) is 6. The van der Waals surface area contributed by atoms with E-state index < -0.39 is 9.84 Å². The predicted octanol–water partition coefficient (Wildman–Crippen LogP) is 0.705. The zero-order valence-corrected chi connectivity index (χ0v) is 15.7. The summed E-state index contributed by atoms with van der Waals surface area (Å²) in [6.07, 6.45) is 2.13. The number of amides is 1. The Morgan fingerprint density at radius 3 is 2.77 bits per heavy atom. The minimum Gasteiger partial charge on any atom is -0.490 e. The van der Waals surface area contributed by atoms with Crippen LogP contribution in [0.5, 0.6) is 5.75 Å². The van der Waals surface area contributed by atoms with E-state index in [2.05, 4.69) is 10.2 Å². The average Bonchev–Trinajstić information content (AvgIpc) is 3.15. The first-order chi connectivity index (χ1) is 12.5. The smallest absolute Gasteiger partial charge is 0.255 e. The summed E-state index contributed by atoms with van der Waals surface area (Å²) in [5.74, 6) is 0.768. The van der Waals surface area contributed by atoms with Crippen LogP contribution in [0.4, 0.5) is 0 Å². The lowest BCUT2D eigenvalue weighted by Crippen LogP contribution is -2.43. The summed E-state index contributed by atoms with van der Waals surface area (Å²) in [6.45, 7) is 3.39. The normalized spacial score (nSPS) is 22.8. The molecule has 0 aromatic heterocycles. The van der Waals surface area contributed by atoms with Crippen LogP contribution in [-0.2, 0) is 14.6 Å². The van der Waals surface area contributed by atoms with Crippen LogP contribution in [0.3, 0.4) is 0 Å². The maximum absolute atomic E-state index is 12.5. The number of nitrogens with zero attached hydrogens (tertiary/aromatic N) is 1. The van der Waals surface area contributed by atoms with E-state index in [0.29, 0.717) is 44.1 Å². The lowest BCUT2D eigenvalue weighted by molar-refractivity contribution is 0.0670. The molecule has 1 N–H and O–H groups in total. The van der Waals surface area contributed by atoms with Crippen LogP contribution in [-0.4, -0.2) is 76.2 Å². The van der Waals surface area contributed by atoms with E-state index in [-0.39, 0.29) is 23.5 Å². The molecule has 2 heterocycles. The van der Waals surface area contributed by atoms with Gasteiger partial charge >= 0.3 is 0 Å². The molecular weight excluding hydrogens is 356 g/mol. The van der Waals surface area contributed by atoms with Crippen molar-refractivity contribution in [1.29, 1.82) is 0 Å². The third kappa shape index (κ3) is 5.43. The van der Waals surface area contributed by atoms with Crippen molar-refractivity contribution in [2.75, 3.05) is 50.9 Å². The molecule has 26 heavy (non-hydrogen) atoms. The zero-order valence-electron chi connectivity index (χ0n) is 14.9. The average molecular weight is 382 g/mol. The Hall–Kier alpha value is -1.64. The monoisotopic (exact) mass is 382 g/mol. The topological polar surface area (TPSA) is 84.9 Å². The summed E-state index contributed by atoms with van der Waals surface area (Å²) in [4.78, 5) is 14.5. The predicted molar refractivity (Wildman–Crippen MR) is 98.3 cm³/mol. The Balaban J connectivity index is 1.46. The van der Waals surface area contributed by atoms with Crippen molar-refractivity contribution in [3.05, 3.63) is 29.8 Å². The maximum atomic E-state index is 12.5. The van der Waals surface area contributed by atoms with Crippen LogP contribution in [0.25, 0.3) is 0 Å². The molecule has 0 spiro atoms. The molecule has 0 radical (unpaired) electrons. The van der Waals surface area contributed by atoms with Gasteiger partial charge in [-0.3, -0.25) is 9.69 Å². The van der Waals surface area contributed by atoms with Crippen molar-refractivity contribution in [3.8, 4) is 5.75 Å². The molecule has 144 valence electrons. The van der Waals surface area contributed by atoms with Gasteiger partial charge in [0.2, 0.25) is 0 Å². The van der Waals surface area contributed by atoms with Crippen molar-refractivity contribution in [3.63, 3.8) is 0 Å². The van der Waals surface area contributed by atoms with Gasteiger partial charge in [0.1, 0.15) is 12.4 Å². The zero-order chi connectivity index (χ0) is 18.4. The lowest BCUT2D eigenvalue weighted by atomic mass is 10.2. The van der Waals surface area contributed by atoms with E-state index in [0.717, 1.165) is 19.4 Å². The fourth-order valence-corrected chi connectivity index (χ4v) is 4.41. The molecule has 1 aromatic rings. The van der Waals surface area contributed by atoms with Gasteiger partial charge in [-0.05, 0) is 25.0 Å². The van der Waals surface area contributed by atoms with E-state index in [1.54, 1.807) is 12.1 Å². The summed E-state index contributed by atoms with van der Waals surface area (Å²) in [6, 6.07) is 7.19. The van der Waals surface area contributed by atoms with Crippen molar-refractivity contribution >= 4 is 15.7 Å². The molecule has 3 rings (SSSR count). The molecule has 1 atom stereocenters. The van der Waals surface area contributed by atoms with Crippen LogP contribution in [0.15, 0.2) is 24.3 Å². The van der Waals surface area contributed by atoms with Gasteiger partial charge in [0.25, 0.3) is 5.91 Å². The van der Waals surface area contributed by atoms with Gasteiger partial charge in [-0.25, -0.2) is 8.42 Å². The highest BCUT2D eigenvalue weighted by molar-refractivity contribution is 7.91. The molecule has 0 aliphatic carbocycles. The van der Waals surface area contributed by atoms with E-state index in [1.807, 2.05) is 12.1 Å². The molecular formula is C18H26N2O5S. The van der Waals surface area contributed by atoms with Gasteiger partial charge in [-0.2, -0.15) is 0 Å². The van der Waals surface area contributed by atoms with Crippen molar-refractivity contribution in [1.82, 2.24) is 10.2 Å². The van der Waals surface area contributed by atoms with Crippen LogP contribution in [0.1, 0.15) is 23.2 Å². The highest BCUT2D eigenvalue weighted by atomic mass is 32.2. The number of nitrogens with one attached hydrogen (secondary N) is 1. The number of carbonyl (C=O) groups excluding carboxylic acids is 1. The molecule has 2 fully saturated rings. The standard InChI is InChI=1S/C18H26N2O5S/c21-18(19-7-8-20-9-12-26(22,23)13-10-20)16-5-1-2-6-17(16)25-14-15-4-3-11-24-15/h1-2,5-6,15H,3-4,7-14H2,(H,19,21)/t15-/m0/s1. The Kier molecular flexibility index (Phi) is 6.50. The lowest BCUT2D eigenvalue weighted by Gasteiger charge is -2.26. The number of rotatable bonds is 7. The summed E-state index contributed by atoms with van der Waals surface area (Å²) < 4.78 is 34.2. The molecule has 0 saturated carbocycles. The summed E-state index contributed by atoms with van der Waals surface area (Å²) in [7, 11) is -2.87. The third-order valence-corrected chi connectivity index (χ3v) is 6.34. The molecule has 1 aromatic carbocycles. The summed E-state index contributed by atoms with van der Waals surface area (Å²) >= 11 is 0. The molecule has 0 unspecified atom stereocenters. The largest absolute Gasteiger partial charge is 0.490 e. The van der Waals surface area contributed by atoms with Crippen molar-refractivity contribution in [2.45, 2.75) is 18.9 Å². The Morgan fingerprint density at radius 2 is 2.04 bits per heavy atom. The fourth-order valence-electron chi connectivity index (χ4n) is 3.14. The number of para-hydroxylation sites is 1. The Morgan fingerprint density at radius 1 is 1.27 bits per heavy atom. The second-order valence-electron chi connectivity index (χ2n) is 6.69. The first-order valence-corrected chi connectivity index (χ1v) is 10.9. The van der Waals surface area contributed by atoms with Gasteiger partial charge in [0, 0.05) is 32.8 Å². The SMILES string of the molecule is O=C(NCCN1CCS(=O)(=O)CC1)c1ccccc1OC[C@@H]1CCCO1. The minimum absolute atomic E-state index is 0.0986. The molecule has 7 nitrogen and oxygen atoms in total. The number of ether oxygens (including phenoxy) is 2. The fraction of sp³-hybridized carbons (Fsp3) is 0.611. The van der Waals surface area contributed by atoms with Crippen LogP contribution >= 0.6 is 0 Å². The summed E-state index contributed by atoms with van der Waals surface area (Å²) in [5, 5.41) is 2.89. The molecule has 2 saturated heterocycles. The highest BCUT2D eigenvalue weighted by Crippen LogP contribution is 2.20. The van der Waals surface area contributed by atoms with Gasteiger partial charge in [-0.1, -0.05) is 12.1 Å². The van der Waals surface area contributed by atoms with Crippen molar-refractivity contribution < 1.29 is 22.7 Å². The van der Waals surface area contributed by atoms with E-state index in [9.17, 15) is 13.2 Å². The first-order valence-electron chi connectivity index (χ1n) is 9.08. The Bertz CT molecular complexity index is 702. The molecule has 2 aliphatic rings. The molecule has 0 bridgehead atoms. The molecule has 1 amide bonds. The van der Waals surface area contributed by atoms with Gasteiger partial charge in [0.05, 0.1) is 23.2 Å². The van der Waals surface area contributed by atoms with Crippen LogP contribution < -0.4 is 10.1 Å². The van der Waals surface area contributed by atoms with E-state index in [1.165, 1.54) is 0 Å². The second-order valence-corrected chi connectivity index (χ2v) is 9.00. The summed E-state index contributed by atoms with van der Waals surface area (Å²) in [5.41, 5.74) is 0.506. The Labute approximate surface area is 154 Å². The van der Waals surface area contributed by atoms with Gasteiger partial charge in [-0.15, -0.1) is 0 Å². The van der Waals surface area contributed by atoms with Crippen LogP contribution in [0, 0.1) is 0 Å². The first kappa shape index (κ1) is 19.1. The van der Waals surface area contributed by atoms with Crippen LogP contribution in [0.2, 0.25) is 0 Å². The highest BCUT2D eigenvalue weighted by Gasteiger charge is 2.22. The number of sulfone groups is 1. The molecule has 8 heteroatoms. The van der Waals surface area contributed by atoms with E-state index >= 15 is 0 Å². The third-order valence-electron chi connectivity index (χ3n) is 4.73. The van der Waals surface area contributed by atoms with Crippen molar-refractivity contribution in [2.24, 2.45) is 0 Å². The quantitative estimate of drug-likeness (QED) is 0.747. The molecule has 2 aliphatic heterocycles.